The average Bonchev–Trinajstić information content (AvgIpc) is 2.36. The lowest BCUT2D eigenvalue weighted by Crippen LogP contribution is -2.42. The second kappa shape index (κ2) is 6.48. The van der Waals surface area contributed by atoms with Crippen molar-refractivity contribution in [2.24, 2.45) is 16.5 Å². The van der Waals surface area contributed by atoms with Crippen LogP contribution in [0.15, 0.2) is 29.3 Å². The third kappa shape index (κ3) is 3.65. The highest BCUT2D eigenvalue weighted by molar-refractivity contribution is 5.95. The fourth-order valence-electron chi connectivity index (χ4n) is 1.33. The first kappa shape index (κ1) is 13.8. The maximum absolute atomic E-state index is 7.24. The molecule has 0 amide bonds. The van der Waals surface area contributed by atoms with Gasteiger partial charge < -0.3 is 16.2 Å². The Bertz CT molecular complexity index is 444. The standard InChI is InChI=1S/C12H19N5O/c1-3-18-10-7-5-4-6-9(10)8-16-12(15)17(2)11(13)14/h4-7H,3,8H2,1-2H3,(H3,13,14)(H2,15,16). The van der Waals surface area contributed by atoms with Crippen molar-refractivity contribution in [3.63, 3.8) is 0 Å². The largest absolute Gasteiger partial charge is 0.494 e. The minimum atomic E-state index is -0.144. The zero-order valence-electron chi connectivity index (χ0n) is 10.7. The van der Waals surface area contributed by atoms with Crippen molar-refractivity contribution >= 4 is 11.9 Å². The van der Waals surface area contributed by atoms with Gasteiger partial charge in [0.2, 0.25) is 0 Å². The van der Waals surface area contributed by atoms with E-state index in [1.807, 2.05) is 31.2 Å². The monoisotopic (exact) mass is 249 g/mol. The summed E-state index contributed by atoms with van der Waals surface area (Å²) in [6.07, 6.45) is 0. The summed E-state index contributed by atoms with van der Waals surface area (Å²) >= 11 is 0. The first-order valence-electron chi connectivity index (χ1n) is 5.64. The number of benzene rings is 1. The van der Waals surface area contributed by atoms with Crippen molar-refractivity contribution in [1.29, 1.82) is 5.41 Å². The zero-order chi connectivity index (χ0) is 13.5. The number of hydrogen-bond acceptors (Lipinski definition) is 3. The van der Waals surface area contributed by atoms with Crippen LogP contribution in [0.4, 0.5) is 0 Å². The smallest absolute Gasteiger partial charge is 0.198 e. The van der Waals surface area contributed by atoms with Crippen LogP contribution in [0.5, 0.6) is 5.75 Å². The highest BCUT2D eigenvalue weighted by Crippen LogP contribution is 2.18. The second-order valence-electron chi connectivity index (χ2n) is 3.66. The first-order valence-corrected chi connectivity index (χ1v) is 5.64. The lowest BCUT2D eigenvalue weighted by molar-refractivity contribution is 0.336. The molecule has 0 atom stereocenters. The van der Waals surface area contributed by atoms with E-state index in [1.54, 1.807) is 7.05 Å². The van der Waals surface area contributed by atoms with Gasteiger partial charge in [0.1, 0.15) is 5.75 Å². The summed E-state index contributed by atoms with van der Waals surface area (Å²) in [5.41, 5.74) is 12.0. The van der Waals surface area contributed by atoms with Gasteiger partial charge in [-0.3, -0.25) is 10.3 Å². The van der Waals surface area contributed by atoms with E-state index in [0.717, 1.165) is 11.3 Å². The third-order valence-corrected chi connectivity index (χ3v) is 2.39. The van der Waals surface area contributed by atoms with E-state index in [1.165, 1.54) is 4.90 Å². The molecule has 0 saturated heterocycles. The normalized spacial score (nSPS) is 11.1. The fourth-order valence-corrected chi connectivity index (χ4v) is 1.33. The van der Waals surface area contributed by atoms with E-state index in [-0.39, 0.29) is 11.9 Å². The number of guanidine groups is 2. The number of rotatable bonds is 4. The van der Waals surface area contributed by atoms with Crippen LogP contribution in [-0.2, 0) is 6.54 Å². The first-order chi connectivity index (χ1) is 8.56. The molecular weight excluding hydrogens is 230 g/mol. The summed E-state index contributed by atoms with van der Waals surface area (Å²) in [4.78, 5) is 5.49. The number of ether oxygens (including phenoxy) is 1. The predicted octanol–water partition coefficient (Wildman–Crippen LogP) is 0.725. The van der Waals surface area contributed by atoms with E-state index in [4.69, 9.17) is 21.6 Å². The molecule has 0 unspecified atom stereocenters. The Morgan fingerprint density at radius 1 is 1.39 bits per heavy atom. The van der Waals surface area contributed by atoms with Crippen LogP contribution in [0.2, 0.25) is 0 Å². The second-order valence-corrected chi connectivity index (χ2v) is 3.66. The number of nitrogens with one attached hydrogen (secondary N) is 1. The van der Waals surface area contributed by atoms with Crippen molar-refractivity contribution in [1.82, 2.24) is 4.90 Å². The highest BCUT2D eigenvalue weighted by atomic mass is 16.5. The van der Waals surface area contributed by atoms with Crippen molar-refractivity contribution in [2.75, 3.05) is 13.7 Å². The highest BCUT2D eigenvalue weighted by Gasteiger charge is 2.05. The molecule has 0 bridgehead atoms. The zero-order valence-corrected chi connectivity index (χ0v) is 10.7. The number of nitrogens with two attached hydrogens (primary N) is 2. The molecule has 0 saturated carbocycles. The van der Waals surface area contributed by atoms with Gasteiger partial charge >= 0.3 is 0 Å². The minimum Gasteiger partial charge on any atom is -0.494 e. The molecule has 0 aliphatic rings. The Balaban J connectivity index is 2.79. The van der Waals surface area contributed by atoms with E-state index in [9.17, 15) is 0 Å². The summed E-state index contributed by atoms with van der Waals surface area (Å²) in [6, 6.07) is 7.64. The van der Waals surface area contributed by atoms with Gasteiger partial charge in [-0.05, 0) is 13.0 Å². The molecule has 5 N–H and O–H groups in total. The van der Waals surface area contributed by atoms with Gasteiger partial charge in [0.15, 0.2) is 11.9 Å². The average molecular weight is 249 g/mol. The molecule has 0 spiro atoms. The van der Waals surface area contributed by atoms with E-state index < -0.39 is 0 Å². The molecule has 1 aromatic rings. The van der Waals surface area contributed by atoms with Crippen LogP contribution < -0.4 is 16.2 Å². The van der Waals surface area contributed by atoms with Gasteiger partial charge in [-0.25, -0.2) is 4.99 Å². The van der Waals surface area contributed by atoms with Gasteiger partial charge in [-0.15, -0.1) is 0 Å². The summed E-state index contributed by atoms with van der Waals surface area (Å²) in [5, 5.41) is 7.24. The van der Waals surface area contributed by atoms with Gasteiger partial charge in [-0.2, -0.15) is 0 Å². The Morgan fingerprint density at radius 3 is 2.67 bits per heavy atom. The van der Waals surface area contributed by atoms with Crippen molar-refractivity contribution in [2.45, 2.75) is 13.5 Å². The third-order valence-electron chi connectivity index (χ3n) is 2.39. The van der Waals surface area contributed by atoms with Gasteiger partial charge in [0, 0.05) is 12.6 Å². The topological polar surface area (TPSA) is 101 Å². The molecule has 6 heteroatoms. The predicted molar refractivity (Wildman–Crippen MR) is 72.6 cm³/mol. The molecule has 1 aromatic carbocycles. The Kier molecular flexibility index (Phi) is 4.98. The van der Waals surface area contributed by atoms with Crippen LogP contribution in [0.25, 0.3) is 0 Å². The van der Waals surface area contributed by atoms with Gasteiger partial charge in [0.05, 0.1) is 13.2 Å². The maximum Gasteiger partial charge on any atom is 0.198 e. The van der Waals surface area contributed by atoms with Crippen LogP contribution in [-0.4, -0.2) is 30.5 Å². The molecule has 0 aromatic heterocycles. The number of nitrogens with zero attached hydrogens (tertiary/aromatic N) is 2. The minimum absolute atomic E-state index is 0.144. The fraction of sp³-hybridized carbons (Fsp3) is 0.333. The Labute approximate surface area is 107 Å². The molecule has 0 fully saturated rings. The van der Waals surface area contributed by atoms with Crippen LogP contribution in [0.3, 0.4) is 0 Å². The van der Waals surface area contributed by atoms with Crippen LogP contribution in [0, 0.1) is 5.41 Å². The number of hydrogen-bond donors (Lipinski definition) is 3. The summed E-state index contributed by atoms with van der Waals surface area (Å²) in [5.74, 6) is 0.852. The summed E-state index contributed by atoms with van der Waals surface area (Å²) < 4.78 is 5.49. The molecule has 98 valence electrons. The molecule has 0 heterocycles. The van der Waals surface area contributed by atoms with Gasteiger partial charge in [-0.1, -0.05) is 18.2 Å². The number of para-hydroxylation sites is 1. The molecule has 0 aliphatic carbocycles. The molecule has 0 aliphatic heterocycles. The lowest BCUT2D eigenvalue weighted by Gasteiger charge is -2.15. The lowest BCUT2D eigenvalue weighted by atomic mass is 10.2. The summed E-state index contributed by atoms with van der Waals surface area (Å²) in [7, 11) is 1.59. The molecular formula is C12H19N5O. The Hall–Kier alpha value is -2.24. The SMILES string of the molecule is CCOc1ccccc1CN=C(N)N(C)C(=N)N. The van der Waals surface area contributed by atoms with Crippen LogP contribution in [0.1, 0.15) is 12.5 Å². The molecule has 18 heavy (non-hydrogen) atoms. The quantitative estimate of drug-likeness (QED) is 0.540. The van der Waals surface area contributed by atoms with E-state index in [0.29, 0.717) is 13.2 Å². The summed E-state index contributed by atoms with van der Waals surface area (Å²) in [6.45, 7) is 2.92. The van der Waals surface area contributed by atoms with Crippen molar-refractivity contribution in [3.05, 3.63) is 29.8 Å². The Morgan fingerprint density at radius 2 is 2.06 bits per heavy atom. The molecule has 6 nitrogen and oxygen atoms in total. The van der Waals surface area contributed by atoms with Crippen LogP contribution >= 0.6 is 0 Å². The van der Waals surface area contributed by atoms with Crippen molar-refractivity contribution in [3.8, 4) is 5.75 Å². The van der Waals surface area contributed by atoms with E-state index in [2.05, 4.69) is 4.99 Å². The maximum atomic E-state index is 7.24. The molecule has 1 rings (SSSR count). The van der Waals surface area contributed by atoms with Gasteiger partial charge in [0.25, 0.3) is 0 Å². The van der Waals surface area contributed by atoms with Crippen molar-refractivity contribution < 1.29 is 4.74 Å². The van der Waals surface area contributed by atoms with E-state index >= 15 is 0 Å². The number of aliphatic imine (C=N–C) groups is 1. The molecule has 0 radical (unpaired) electrons.